The highest BCUT2D eigenvalue weighted by Gasteiger charge is 2.48. The summed E-state index contributed by atoms with van der Waals surface area (Å²) in [6.07, 6.45) is 0.815. The molecule has 1 aliphatic heterocycles. The van der Waals surface area contributed by atoms with Gasteiger partial charge in [-0.15, -0.1) is 0 Å². The molecule has 0 amide bonds. The molecule has 0 spiro atoms. The molecule has 3 rings (SSSR count). The number of aryl methyl sites for hydroxylation is 1. The Morgan fingerprint density at radius 3 is 2.35 bits per heavy atom. The average Bonchev–Trinajstić information content (AvgIpc) is 2.98. The van der Waals surface area contributed by atoms with Gasteiger partial charge >= 0.3 is 11.9 Å². The Hall–Kier alpha value is -2.68. The lowest BCUT2D eigenvalue weighted by atomic mass is 9.81. The predicted octanol–water partition coefficient (Wildman–Crippen LogP) is 3.08. The summed E-state index contributed by atoms with van der Waals surface area (Å²) in [7, 11) is -3.42. The second-order valence-electron chi connectivity index (χ2n) is 7.49. The van der Waals surface area contributed by atoms with Crippen LogP contribution in [0, 0.1) is 6.92 Å². The Kier molecular flexibility index (Phi) is 6.27. The van der Waals surface area contributed by atoms with Gasteiger partial charge in [0.25, 0.3) is 0 Å². The SMILES string of the molecule is Cc1cc(Cl)ccc1C1=C(c2ccc(S(C)(=O)=O)cc2)C(CN)(CCC(=O)O)OC1=O. The first-order valence-corrected chi connectivity index (χ1v) is 11.7. The summed E-state index contributed by atoms with van der Waals surface area (Å²) in [4.78, 5) is 24.4. The van der Waals surface area contributed by atoms with E-state index >= 15 is 0 Å². The highest BCUT2D eigenvalue weighted by molar-refractivity contribution is 7.90. The van der Waals surface area contributed by atoms with Crippen LogP contribution in [0.25, 0.3) is 11.1 Å². The summed E-state index contributed by atoms with van der Waals surface area (Å²) in [6, 6.07) is 11.1. The first kappa shape index (κ1) is 23.0. The summed E-state index contributed by atoms with van der Waals surface area (Å²) in [5.41, 5.74) is 7.21. The third-order valence-electron chi connectivity index (χ3n) is 5.30. The van der Waals surface area contributed by atoms with Gasteiger partial charge in [0.1, 0.15) is 0 Å². The fourth-order valence-corrected chi connectivity index (χ4v) is 4.63. The van der Waals surface area contributed by atoms with Crippen molar-refractivity contribution in [1.82, 2.24) is 0 Å². The molecule has 7 nitrogen and oxygen atoms in total. The van der Waals surface area contributed by atoms with Gasteiger partial charge in [0.05, 0.1) is 10.5 Å². The lowest BCUT2D eigenvalue weighted by molar-refractivity contribution is -0.147. The molecule has 0 bridgehead atoms. The van der Waals surface area contributed by atoms with Crippen LogP contribution in [0.2, 0.25) is 5.02 Å². The van der Waals surface area contributed by atoms with E-state index < -0.39 is 27.4 Å². The minimum Gasteiger partial charge on any atom is -0.481 e. The van der Waals surface area contributed by atoms with Gasteiger partial charge in [-0.05, 0) is 47.9 Å². The molecule has 0 fully saturated rings. The molecule has 3 N–H and O–H groups in total. The summed E-state index contributed by atoms with van der Waals surface area (Å²) in [5, 5.41) is 9.71. The summed E-state index contributed by atoms with van der Waals surface area (Å²) < 4.78 is 29.4. The van der Waals surface area contributed by atoms with Gasteiger partial charge in [0.2, 0.25) is 0 Å². The van der Waals surface area contributed by atoms with Crippen molar-refractivity contribution >= 4 is 44.5 Å². The highest BCUT2D eigenvalue weighted by atomic mass is 35.5. The summed E-state index contributed by atoms with van der Waals surface area (Å²) in [6.45, 7) is 1.66. The lowest BCUT2D eigenvalue weighted by Gasteiger charge is -2.29. The molecule has 164 valence electrons. The zero-order valence-electron chi connectivity index (χ0n) is 17.0. The summed E-state index contributed by atoms with van der Waals surface area (Å²) >= 11 is 6.07. The van der Waals surface area contributed by atoms with Gasteiger partial charge in [0.15, 0.2) is 15.4 Å². The van der Waals surface area contributed by atoms with Crippen LogP contribution < -0.4 is 5.73 Å². The normalized spacial score (nSPS) is 18.9. The van der Waals surface area contributed by atoms with E-state index in [0.29, 0.717) is 21.7 Å². The number of rotatable bonds is 7. The molecule has 0 saturated carbocycles. The maximum absolute atomic E-state index is 13.0. The van der Waals surface area contributed by atoms with E-state index in [4.69, 9.17) is 22.1 Å². The van der Waals surface area contributed by atoms with Crippen LogP contribution in [-0.2, 0) is 24.2 Å². The number of carbonyl (C=O) groups is 2. The Balaban J connectivity index is 2.29. The highest BCUT2D eigenvalue weighted by Crippen LogP contribution is 2.47. The van der Waals surface area contributed by atoms with Gasteiger partial charge in [-0.2, -0.15) is 0 Å². The van der Waals surface area contributed by atoms with E-state index in [1.807, 2.05) is 0 Å². The number of hydrogen-bond donors (Lipinski definition) is 2. The van der Waals surface area contributed by atoms with Crippen LogP contribution in [0.15, 0.2) is 47.4 Å². The number of aliphatic carboxylic acids is 1. The van der Waals surface area contributed by atoms with Crippen molar-refractivity contribution in [2.45, 2.75) is 30.3 Å². The molecule has 2 aromatic rings. The first-order chi connectivity index (χ1) is 14.5. The summed E-state index contributed by atoms with van der Waals surface area (Å²) in [5.74, 6) is -1.67. The van der Waals surface area contributed by atoms with E-state index in [1.54, 1.807) is 37.3 Å². The number of carbonyl (C=O) groups excluding carboxylic acids is 1. The third-order valence-corrected chi connectivity index (χ3v) is 6.66. The number of cyclic esters (lactones) is 1. The van der Waals surface area contributed by atoms with Gasteiger partial charge in [0, 0.05) is 36.2 Å². The number of hydrogen-bond acceptors (Lipinski definition) is 6. The van der Waals surface area contributed by atoms with Crippen LogP contribution in [0.4, 0.5) is 0 Å². The maximum Gasteiger partial charge on any atom is 0.340 e. The Bertz CT molecular complexity index is 1190. The molecular formula is C22H22ClNO6S. The second-order valence-corrected chi connectivity index (χ2v) is 9.94. The van der Waals surface area contributed by atoms with Crippen LogP contribution in [0.1, 0.15) is 29.5 Å². The van der Waals surface area contributed by atoms with Crippen molar-refractivity contribution < 1.29 is 27.9 Å². The number of carboxylic acid groups (broad SMARTS) is 1. The van der Waals surface area contributed by atoms with Crippen molar-refractivity contribution in [2.24, 2.45) is 5.73 Å². The number of carboxylic acids is 1. The Labute approximate surface area is 185 Å². The van der Waals surface area contributed by atoms with Gasteiger partial charge in [-0.25, -0.2) is 13.2 Å². The van der Waals surface area contributed by atoms with Crippen molar-refractivity contribution in [1.29, 1.82) is 0 Å². The molecule has 2 aromatic carbocycles. The van der Waals surface area contributed by atoms with Crippen LogP contribution >= 0.6 is 11.6 Å². The average molecular weight is 464 g/mol. The molecule has 0 saturated heterocycles. The molecule has 0 aliphatic carbocycles. The number of ether oxygens (including phenoxy) is 1. The monoisotopic (exact) mass is 463 g/mol. The smallest absolute Gasteiger partial charge is 0.340 e. The van der Waals surface area contributed by atoms with E-state index in [9.17, 15) is 23.1 Å². The zero-order valence-corrected chi connectivity index (χ0v) is 18.6. The molecule has 0 radical (unpaired) electrons. The van der Waals surface area contributed by atoms with Crippen molar-refractivity contribution in [3.63, 3.8) is 0 Å². The number of nitrogens with two attached hydrogens (primary N) is 1. The minimum atomic E-state index is -3.42. The number of esters is 1. The fraction of sp³-hybridized carbons (Fsp3) is 0.273. The predicted molar refractivity (Wildman–Crippen MR) is 117 cm³/mol. The molecule has 31 heavy (non-hydrogen) atoms. The van der Waals surface area contributed by atoms with Gasteiger partial charge < -0.3 is 15.6 Å². The largest absolute Gasteiger partial charge is 0.481 e. The van der Waals surface area contributed by atoms with E-state index in [2.05, 4.69) is 0 Å². The molecule has 1 heterocycles. The third kappa shape index (κ3) is 4.51. The maximum atomic E-state index is 13.0. The first-order valence-electron chi connectivity index (χ1n) is 9.45. The van der Waals surface area contributed by atoms with E-state index in [-0.39, 0.29) is 29.9 Å². The van der Waals surface area contributed by atoms with Crippen LogP contribution in [0.3, 0.4) is 0 Å². The van der Waals surface area contributed by atoms with E-state index in [1.165, 1.54) is 12.1 Å². The molecular weight excluding hydrogens is 442 g/mol. The molecule has 9 heteroatoms. The fourth-order valence-electron chi connectivity index (χ4n) is 3.77. The molecule has 1 atom stereocenters. The second kappa shape index (κ2) is 8.45. The van der Waals surface area contributed by atoms with E-state index in [0.717, 1.165) is 11.8 Å². The Morgan fingerprint density at radius 2 is 1.84 bits per heavy atom. The van der Waals surface area contributed by atoms with Gasteiger partial charge in [-0.1, -0.05) is 29.8 Å². The molecule has 1 aliphatic rings. The van der Waals surface area contributed by atoms with Crippen LogP contribution in [0.5, 0.6) is 0 Å². The Morgan fingerprint density at radius 1 is 1.19 bits per heavy atom. The van der Waals surface area contributed by atoms with Crippen molar-refractivity contribution in [3.05, 3.63) is 64.2 Å². The number of benzene rings is 2. The molecule has 0 aromatic heterocycles. The topological polar surface area (TPSA) is 124 Å². The quantitative estimate of drug-likeness (QED) is 0.604. The van der Waals surface area contributed by atoms with Gasteiger partial charge in [-0.3, -0.25) is 4.79 Å². The number of halogens is 1. The molecule has 1 unspecified atom stereocenters. The zero-order chi connectivity index (χ0) is 23.0. The van der Waals surface area contributed by atoms with Crippen molar-refractivity contribution in [2.75, 3.05) is 12.8 Å². The standard InChI is InChI=1S/C22H22ClNO6S/c1-13-11-15(23)5-8-17(13)19-20(14-3-6-16(7-4-14)31(2,28)29)22(12-24,30-21(19)27)10-9-18(25)26/h3-8,11H,9-10,12,24H2,1-2H3,(H,25,26). The lowest BCUT2D eigenvalue weighted by Crippen LogP contribution is -2.40. The minimum absolute atomic E-state index is 0.0239. The number of sulfone groups is 1. The van der Waals surface area contributed by atoms with Crippen LogP contribution in [-0.4, -0.2) is 43.9 Å². The van der Waals surface area contributed by atoms with Crippen molar-refractivity contribution in [3.8, 4) is 0 Å².